The number of halogens is 2. The minimum Gasteiger partial charge on any atom is -0.365 e. The van der Waals surface area contributed by atoms with E-state index in [1.165, 1.54) is 0 Å². The quantitative estimate of drug-likeness (QED) is 0.680. The number of nitrogens with zero attached hydrogens (tertiary/aromatic N) is 1. The maximum Gasteiger partial charge on any atom is 0.0876 e. The van der Waals surface area contributed by atoms with Crippen molar-refractivity contribution >= 4 is 35.7 Å². The van der Waals surface area contributed by atoms with Crippen LogP contribution in [0.15, 0.2) is 30.7 Å². The van der Waals surface area contributed by atoms with Crippen LogP contribution < -0.4 is 0 Å². The van der Waals surface area contributed by atoms with Crippen molar-refractivity contribution in [3.8, 4) is 0 Å². The summed E-state index contributed by atoms with van der Waals surface area (Å²) in [4.78, 5) is 7.09. The van der Waals surface area contributed by atoms with E-state index in [2.05, 4.69) is 9.97 Å². The van der Waals surface area contributed by atoms with Gasteiger partial charge < -0.3 is 4.98 Å². The molecule has 11 heavy (non-hydrogen) atoms. The van der Waals surface area contributed by atoms with Crippen LogP contribution in [-0.2, 0) is 0 Å². The summed E-state index contributed by atoms with van der Waals surface area (Å²) < 4.78 is 0. The molecule has 0 spiro atoms. The number of aromatic nitrogens is 2. The fraction of sp³-hybridized carbons (Fsp3) is 0. The predicted molar refractivity (Wildman–Crippen MR) is 50.6 cm³/mol. The van der Waals surface area contributed by atoms with Gasteiger partial charge in [-0.3, -0.25) is 4.98 Å². The minimum absolute atomic E-state index is 0. The summed E-state index contributed by atoms with van der Waals surface area (Å²) in [5.74, 6) is 0. The molecule has 0 fully saturated rings. The molecule has 0 unspecified atom stereocenters. The van der Waals surface area contributed by atoms with Crippen molar-refractivity contribution in [3.05, 3.63) is 30.7 Å². The van der Waals surface area contributed by atoms with Gasteiger partial charge in [-0.2, -0.15) is 0 Å². The smallest absolute Gasteiger partial charge is 0.0876 e. The van der Waals surface area contributed by atoms with Crippen LogP contribution in [0.25, 0.3) is 10.9 Å². The largest absolute Gasteiger partial charge is 0.365 e. The average molecular weight is 191 g/mol. The predicted octanol–water partition coefficient (Wildman–Crippen LogP) is 2.41. The van der Waals surface area contributed by atoms with E-state index in [4.69, 9.17) is 0 Å². The first kappa shape index (κ1) is 10.3. The Morgan fingerprint density at radius 1 is 1.18 bits per heavy atom. The zero-order chi connectivity index (χ0) is 6.10. The van der Waals surface area contributed by atoms with Gasteiger partial charge in [0.15, 0.2) is 0 Å². The Morgan fingerprint density at radius 2 is 2.00 bits per heavy atom. The zero-order valence-electron chi connectivity index (χ0n) is 5.65. The summed E-state index contributed by atoms with van der Waals surface area (Å²) in [6.07, 6.45) is 5.60. The molecular weight excluding hydrogens is 183 g/mol. The Bertz CT molecular complexity index is 288. The Labute approximate surface area is 76.8 Å². The second-order valence-corrected chi connectivity index (χ2v) is 1.93. The third kappa shape index (κ3) is 1.85. The lowest BCUT2D eigenvalue weighted by Crippen LogP contribution is -1.66. The molecule has 2 heterocycles. The zero-order valence-corrected chi connectivity index (χ0v) is 7.28. The molecule has 0 aliphatic carbocycles. The first-order valence-electron chi connectivity index (χ1n) is 2.84. The molecule has 0 aromatic carbocycles. The summed E-state index contributed by atoms with van der Waals surface area (Å²) in [6.45, 7) is 0. The standard InChI is InChI=1S/C7H6N2.2ClH/c1-2-6-4-8-5-7(6)9-3-1;;/h1-5,8H;2*1H. The van der Waals surface area contributed by atoms with E-state index < -0.39 is 0 Å². The van der Waals surface area contributed by atoms with Crippen molar-refractivity contribution in [1.82, 2.24) is 9.97 Å². The van der Waals surface area contributed by atoms with Crippen LogP contribution in [0.1, 0.15) is 0 Å². The lowest BCUT2D eigenvalue weighted by Gasteiger charge is -1.81. The van der Waals surface area contributed by atoms with Gasteiger partial charge in [-0.1, -0.05) is 0 Å². The maximum absolute atomic E-state index is 4.11. The van der Waals surface area contributed by atoms with E-state index in [1.54, 1.807) is 6.20 Å². The monoisotopic (exact) mass is 190 g/mol. The van der Waals surface area contributed by atoms with Gasteiger partial charge in [-0.05, 0) is 12.1 Å². The van der Waals surface area contributed by atoms with Gasteiger partial charge in [0.2, 0.25) is 0 Å². The molecule has 2 rings (SSSR count). The van der Waals surface area contributed by atoms with Gasteiger partial charge in [0.25, 0.3) is 0 Å². The van der Waals surface area contributed by atoms with E-state index in [9.17, 15) is 0 Å². The highest BCUT2D eigenvalue weighted by Gasteiger charge is 1.88. The normalized spacial score (nSPS) is 8.36. The molecular formula is C7H8Cl2N2. The highest BCUT2D eigenvalue weighted by atomic mass is 35.5. The number of H-pyrrole nitrogens is 1. The summed E-state index contributed by atoms with van der Waals surface area (Å²) in [6, 6.07) is 3.95. The lowest BCUT2D eigenvalue weighted by atomic mass is 10.3. The van der Waals surface area contributed by atoms with Gasteiger partial charge >= 0.3 is 0 Å². The highest BCUT2D eigenvalue weighted by Crippen LogP contribution is 2.06. The summed E-state index contributed by atoms with van der Waals surface area (Å²) >= 11 is 0. The van der Waals surface area contributed by atoms with Crippen molar-refractivity contribution in [2.45, 2.75) is 0 Å². The molecule has 2 nitrogen and oxygen atoms in total. The van der Waals surface area contributed by atoms with Crippen molar-refractivity contribution in [1.29, 1.82) is 0 Å². The fourth-order valence-electron chi connectivity index (χ4n) is 0.883. The molecule has 0 aliphatic rings. The second kappa shape index (κ2) is 4.21. The molecule has 2 aromatic rings. The SMILES string of the molecule is Cl.Cl.c1cnc2c[nH]cc2c1. The Morgan fingerprint density at radius 3 is 2.73 bits per heavy atom. The van der Waals surface area contributed by atoms with Gasteiger partial charge in [-0.15, -0.1) is 24.8 Å². The van der Waals surface area contributed by atoms with Crippen LogP contribution in [0.2, 0.25) is 0 Å². The Kier molecular flexibility index (Phi) is 3.93. The molecule has 0 amide bonds. The van der Waals surface area contributed by atoms with Crippen LogP contribution >= 0.6 is 24.8 Å². The van der Waals surface area contributed by atoms with Crippen LogP contribution in [-0.4, -0.2) is 9.97 Å². The number of rotatable bonds is 0. The van der Waals surface area contributed by atoms with E-state index in [0.717, 1.165) is 10.9 Å². The Balaban J connectivity index is 0.000000500. The number of nitrogens with one attached hydrogen (secondary N) is 1. The maximum atomic E-state index is 4.11. The number of hydrogen-bond donors (Lipinski definition) is 1. The van der Waals surface area contributed by atoms with Gasteiger partial charge in [0.05, 0.1) is 5.52 Å². The molecule has 0 aliphatic heterocycles. The molecule has 0 saturated heterocycles. The van der Waals surface area contributed by atoms with E-state index in [0.29, 0.717) is 0 Å². The number of pyridine rings is 1. The van der Waals surface area contributed by atoms with E-state index >= 15 is 0 Å². The van der Waals surface area contributed by atoms with Gasteiger partial charge in [0.1, 0.15) is 0 Å². The molecule has 0 saturated carbocycles. The molecule has 0 radical (unpaired) electrons. The van der Waals surface area contributed by atoms with Crippen molar-refractivity contribution < 1.29 is 0 Å². The number of hydrogen-bond acceptors (Lipinski definition) is 1. The van der Waals surface area contributed by atoms with Crippen LogP contribution in [0, 0.1) is 0 Å². The molecule has 1 N–H and O–H groups in total. The lowest BCUT2D eigenvalue weighted by molar-refractivity contribution is 1.39. The molecule has 2 aromatic heterocycles. The van der Waals surface area contributed by atoms with Gasteiger partial charge in [-0.25, -0.2) is 0 Å². The third-order valence-corrected chi connectivity index (χ3v) is 1.33. The number of fused-ring (bicyclic) bond motifs is 1. The topological polar surface area (TPSA) is 28.7 Å². The summed E-state index contributed by atoms with van der Waals surface area (Å²) in [7, 11) is 0. The fourth-order valence-corrected chi connectivity index (χ4v) is 0.883. The highest BCUT2D eigenvalue weighted by molar-refractivity contribution is 5.85. The van der Waals surface area contributed by atoms with E-state index in [1.807, 2.05) is 24.5 Å². The van der Waals surface area contributed by atoms with E-state index in [-0.39, 0.29) is 24.8 Å². The molecule has 60 valence electrons. The van der Waals surface area contributed by atoms with Crippen molar-refractivity contribution in [3.63, 3.8) is 0 Å². The van der Waals surface area contributed by atoms with Crippen molar-refractivity contribution in [2.75, 3.05) is 0 Å². The van der Waals surface area contributed by atoms with Crippen LogP contribution in [0.3, 0.4) is 0 Å². The molecule has 0 atom stereocenters. The first-order chi connectivity index (χ1) is 4.47. The number of aromatic amines is 1. The Hall–Kier alpha value is -0.730. The van der Waals surface area contributed by atoms with Crippen molar-refractivity contribution in [2.24, 2.45) is 0 Å². The average Bonchev–Trinajstić information content (AvgIpc) is 2.33. The second-order valence-electron chi connectivity index (χ2n) is 1.93. The summed E-state index contributed by atoms with van der Waals surface area (Å²) in [5, 5.41) is 1.16. The van der Waals surface area contributed by atoms with Crippen LogP contribution in [0.5, 0.6) is 0 Å². The molecule has 0 bridgehead atoms. The van der Waals surface area contributed by atoms with Gasteiger partial charge in [0, 0.05) is 24.0 Å². The summed E-state index contributed by atoms with van der Waals surface area (Å²) in [5.41, 5.74) is 1.03. The minimum atomic E-state index is 0. The molecule has 4 heteroatoms. The van der Waals surface area contributed by atoms with Crippen LogP contribution in [0.4, 0.5) is 0 Å². The third-order valence-electron chi connectivity index (χ3n) is 1.33. The first-order valence-corrected chi connectivity index (χ1v) is 2.84.